The third kappa shape index (κ3) is 2.38. The molecule has 1 fully saturated rings. The fourth-order valence-electron chi connectivity index (χ4n) is 4.25. The fraction of sp³-hybridized carbons (Fsp3) is 0.579. The molecule has 2 amide bonds. The number of carbonyl (C=O) groups excluding carboxylic acids is 2. The molecule has 1 aromatic carbocycles. The lowest BCUT2D eigenvalue weighted by Gasteiger charge is -2.39. The molecule has 24 heavy (non-hydrogen) atoms. The van der Waals surface area contributed by atoms with E-state index >= 15 is 0 Å². The van der Waals surface area contributed by atoms with Gasteiger partial charge in [0.1, 0.15) is 5.60 Å². The summed E-state index contributed by atoms with van der Waals surface area (Å²) in [6.07, 6.45) is 1.72. The Morgan fingerprint density at radius 3 is 2.71 bits per heavy atom. The highest BCUT2D eigenvalue weighted by Gasteiger charge is 2.48. The topological polar surface area (TPSA) is 49.9 Å². The van der Waals surface area contributed by atoms with Gasteiger partial charge in [0.2, 0.25) is 5.91 Å². The van der Waals surface area contributed by atoms with E-state index in [1.165, 1.54) is 11.1 Å². The molecule has 3 aliphatic rings. The molecule has 3 heterocycles. The molecule has 3 aliphatic heterocycles. The summed E-state index contributed by atoms with van der Waals surface area (Å²) in [7, 11) is 0. The summed E-state index contributed by atoms with van der Waals surface area (Å²) in [6, 6.07) is 6.33. The van der Waals surface area contributed by atoms with E-state index in [4.69, 9.17) is 4.74 Å². The minimum Gasteiger partial charge on any atom is -0.444 e. The van der Waals surface area contributed by atoms with Crippen molar-refractivity contribution < 1.29 is 14.3 Å². The third-order valence-electron chi connectivity index (χ3n) is 5.20. The van der Waals surface area contributed by atoms with E-state index in [1.807, 2.05) is 25.7 Å². The Hall–Kier alpha value is -2.04. The number of aryl methyl sites for hydroxylation is 1. The van der Waals surface area contributed by atoms with Crippen LogP contribution in [0.15, 0.2) is 18.2 Å². The number of benzene rings is 1. The van der Waals surface area contributed by atoms with Gasteiger partial charge in [-0.15, -0.1) is 0 Å². The third-order valence-corrected chi connectivity index (χ3v) is 5.20. The van der Waals surface area contributed by atoms with Gasteiger partial charge in [0, 0.05) is 25.6 Å². The number of carbonyl (C=O) groups is 2. The zero-order chi connectivity index (χ0) is 17.1. The summed E-state index contributed by atoms with van der Waals surface area (Å²) in [4.78, 5) is 29.1. The molecule has 2 atom stereocenters. The number of nitrogens with zero attached hydrogens (tertiary/aromatic N) is 2. The molecule has 0 aliphatic carbocycles. The number of amides is 2. The monoisotopic (exact) mass is 328 g/mol. The number of likely N-dealkylation sites (tertiary alicyclic amines) is 1. The normalized spacial score (nSPS) is 25.4. The van der Waals surface area contributed by atoms with Crippen molar-refractivity contribution in [2.75, 3.05) is 24.5 Å². The van der Waals surface area contributed by atoms with Gasteiger partial charge in [0.15, 0.2) is 0 Å². The van der Waals surface area contributed by atoms with Crippen molar-refractivity contribution in [1.82, 2.24) is 4.90 Å². The Kier molecular flexibility index (Phi) is 3.37. The summed E-state index contributed by atoms with van der Waals surface area (Å²) >= 11 is 0. The highest BCUT2D eigenvalue weighted by molar-refractivity contribution is 6.01. The quantitative estimate of drug-likeness (QED) is 0.736. The van der Waals surface area contributed by atoms with Crippen molar-refractivity contribution in [3.05, 3.63) is 29.3 Å². The largest absolute Gasteiger partial charge is 0.444 e. The van der Waals surface area contributed by atoms with Crippen molar-refractivity contribution >= 4 is 17.7 Å². The minimum atomic E-state index is -0.519. The van der Waals surface area contributed by atoms with Crippen LogP contribution in [0, 0.1) is 5.92 Å². The number of ether oxygens (including phenoxy) is 1. The van der Waals surface area contributed by atoms with Crippen molar-refractivity contribution in [3.8, 4) is 0 Å². The fourth-order valence-corrected chi connectivity index (χ4v) is 4.25. The molecule has 1 aromatic rings. The van der Waals surface area contributed by atoms with Crippen LogP contribution in [-0.2, 0) is 16.0 Å². The van der Waals surface area contributed by atoms with Crippen LogP contribution in [-0.4, -0.2) is 42.1 Å². The molecule has 1 saturated heterocycles. The Bertz CT molecular complexity index is 707. The van der Waals surface area contributed by atoms with E-state index in [0.717, 1.165) is 25.1 Å². The summed E-state index contributed by atoms with van der Waals surface area (Å²) in [5, 5.41) is 0. The molecule has 4 rings (SSSR count). The first-order chi connectivity index (χ1) is 11.3. The molecule has 0 spiro atoms. The maximum absolute atomic E-state index is 13.0. The predicted molar refractivity (Wildman–Crippen MR) is 91.2 cm³/mol. The molecule has 0 aromatic heterocycles. The van der Waals surface area contributed by atoms with E-state index < -0.39 is 5.60 Å². The van der Waals surface area contributed by atoms with Crippen LogP contribution in [0.25, 0.3) is 0 Å². The number of para-hydroxylation sites is 1. The lowest BCUT2D eigenvalue weighted by molar-refractivity contribution is -0.122. The second-order valence-electron chi connectivity index (χ2n) is 8.05. The predicted octanol–water partition coefficient (Wildman–Crippen LogP) is 2.93. The molecular weight excluding hydrogens is 304 g/mol. The van der Waals surface area contributed by atoms with Gasteiger partial charge in [0.25, 0.3) is 0 Å². The van der Waals surface area contributed by atoms with Crippen LogP contribution < -0.4 is 4.90 Å². The average molecular weight is 328 g/mol. The van der Waals surface area contributed by atoms with Crippen molar-refractivity contribution in [2.24, 2.45) is 5.92 Å². The van der Waals surface area contributed by atoms with Crippen LogP contribution in [0.1, 0.15) is 44.2 Å². The molecular formula is C19H24N2O3. The number of rotatable bonds is 0. The van der Waals surface area contributed by atoms with Crippen LogP contribution in [0.4, 0.5) is 10.5 Å². The van der Waals surface area contributed by atoms with Gasteiger partial charge in [-0.2, -0.15) is 0 Å². The van der Waals surface area contributed by atoms with Crippen LogP contribution in [0.3, 0.4) is 0 Å². The molecule has 0 N–H and O–H groups in total. The smallest absolute Gasteiger partial charge is 0.410 e. The van der Waals surface area contributed by atoms with Crippen LogP contribution in [0.5, 0.6) is 0 Å². The highest BCUT2D eigenvalue weighted by Crippen LogP contribution is 2.46. The van der Waals surface area contributed by atoms with Gasteiger partial charge in [-0.05, 0) is 44.7 Å². The van der Waals surface area contributed by atoms with E-state index in [2.05, 4.69) is 18.2 Å². The summed E-state index contributed by atoms with van der Waals surface area (Å²) in [6.45, 7) is 7.41. The second-order valence-corrected chi connectivity index (χ2v) is 8.05. The van der Waals surface area contributed by atoms with E-state index in [9.17, 15) is 9.59 Å². The van der Waals surface area contributed by atoms with Gasteiger partial charge < -0.3 is 14.5 Å². The van der Waals surface area contributed by atoms with Gasteiger partial charge >= 0.3 is 6.09 Å². The lowest BCUT2D eigenvalue weighted by Crippen LogP contribution is -2.46. The number of fused-ring (bicyclic) bond motifs is 2. The van der Waals surface area contributed by atoms with E-state index in [-0.39, 0.29) is 23.8 Å². The Morgan fingerprint density at radius 1 is 1.21 bits per heavy atom. The Morgan fingerprint density at radius 2 is 1.96 bits per heavy atom. The van der Waals surface area contributed by atoms with E-state index in [0.29, 0.717) is 13.1 Å². The summed E-state index contributed by atoms with van der Waals surface area (Å²) < 4.78 is 5.50. The zero-order valence-electron chi connectivity index (χ0n) is 14.5. The summed E-state index contributed by atoms with van der Waals surface area (Å²) in [5.41, 5.74) is 3.08. The van der Waals surface area contributed by atoms with E-state index in [1.54, 1.807) is 4.90 Å². The van der Waals surface area contributed by atoms with Gasteiger partial charge in [0.05, 0.1) is 11.6 Å². The molecule has 0 bridgehead atoms. The van der Waals surface area contributed by atoms with Crippen LogP contribution in [0.2, 0.25) is 0 Å². The van der Waals surface area contributed by atoms with Crippen molar-refractivity contribution in [3.63, 3.8) is 0 Å². The first-order valence-electron chi connectivity index (χ1n) is 8.76. The first-order valence-corrected chi connectivity index (χ1v) is 8.76. The molecule has 0 radical (unpaired) electrons. The number of hydrogen-bond donors (Lipinski definition) is 0. The maximum Gasteiger partial charge on any atom is 0.410 e. The molecule has 5 nitrogen and oxygen atoms in total. The van der Waals surface area contributed by atoms with Gasteiger partial charge in [-0.3, -0.25) is 4.79 Å². The van der Waals surface area contributed by atoms with Gasteiger partial charge in [-0.1, -0.05) is 18.2 Å². The lowest BCUT2D eigenvalue weighted by atomic mass is 9.80. The SMILES string of the molecule is CC(C)(C)OC(=O)N1C[C@@H]2c3cccc4c3N(CCC4)C(=O)[C@@H]2C1. The average Bonchev–Trinajstić information content (AvgIpc) is 2.96. The second kappa shape index (κ2) is 5.23. The minimum absolute atomic E-state index is 0.0920. The number of hydrogen-bond acceptors (Lipinski definition) is 3. The maximum atomic E-state index is 13.0. The highest BCUT2D eigenvalue weighted by atomic mass is 16.6. The Balaban J connectivity index is 1.66. The zero-order valence-corrected chi connectivity index (χ0v) is 14.5. The first kappa shape index (κ1) is 15.5. The molecule has 128 valence electrons. The van der Waals surface area contributed by atoms with Crippen molar-refractivity contribution in [2.45, 2.75) is 45.1 Å². The Labute approximate surface area is 142 Å². The van der Waals surface area contributed by atoms with Crippen LogP contribution >= 0.6 is 0 Å². The molecule has 0 unspecified atom stereocenters. The summed E-state index contributed by atoms with van der Waals surface area (Å²) in [5.74, 6) is 0.124. The molecule has 0 saturated carbocycles. The van der Waals surface area contributed by atoms with Gasteiger partial charge in [-0.25, -0.2) is 4.79 Å². The van der Waals surface area contributed by atoms with Crippen molar-refractivity contribution in [1.29, 1.82) is 0 Å². The standard InChI is InChI=1S/C19H24N2O3/c1-19(2,3)24-18(23)20-10-14-13-8-4-6-12-7-5-9-21(16(12)13)17(22)15(14)11-20/h4,6,8,14-15H,5,7,9-11H2,1-3H3/t14-,15-/m1/s1. The number of anilines is 1. The molecule has 5 heteroatoms.